The van der Waals surface area contributed by atoms with Gasteiger partial charge in [-0.15, -0.1) is 0 Å². The number of esters is 1. The third-order valence-corrected chi connectivity index (χ3v) is 6.92. The molecule has 2 aromatic carbocycles. The Morgan fingerprint density at radius 2 is 1.73 bits per heavy atom. The molecule has 0 aromatic heterocycles. The number of rotatable bonds is 8. The molecule has 1 heterocycles. The van der Waals surface area contributed by atoms with Gasteiger partial charge in [0.05, 0.1) is 5.69 Å². The first kappa shape index (κ1) is 25.4. The lowest BCUT2D eigenvalue weighted by Crippen LogP contribution is -2.43. The zero-order chi connectivity index (χ0) is 24.2. The van der Waals surface area contributed by atoms with Gasteiger partial charge in [0.25, 0.3) is 11.3 Å². The van der Waals surface area contributed by atoms with Crippen LogP contribution in [0.25, 0.3) is 11.1 Å². The molecule has 7 heteroatoms. The van der Waals surface area contributed by atoms with E-state index in [9.17, 15) is 13.6 Å². The van der Waals surface area contributed by atoms with Crippen LogP contribution in [0.4, 0.5) is 5.69 Å². The maximum Gasteiger partial charge on any atom is 0.330 e. The standard InChI is InChI=1S/C26H36N2O4S/c1-19-7-6-17-27(19)18-16-21-8-10-22(11-9-21)23-12-14-24(15-13-23)28(33(30)31)20(2)25(29)32-26(3,4)5/h8-15,19-20H,6-7,16-18H2,1-5H3,(H,30,31). The second kappa shape index (κ2) is 10.8. The summed E-state index contributed by atoms with van der Waals surface area (Å²) in [5.41, 5.74) is 3.22. The summed E-state index contributed by atoms with van der Waals surface area (Å²) in [4.78, 5) is 15.0. The molecule has 1 fully saturated rings. The highest BCUT2D eigenvalue weighted by atomic mass is 32.2. The van der Waals surface area contributed by atoms with Crippen LogP contribution in [0.5, 0.6) is 0 Å². The number of nitrogens with zero attached hydrogens (tertiary/aromatic N) is 2. The minimum atomic E-state index is -2.37. The highest BCUT2D eigenvalue weighted by Crippen LogP contribution is 2.26. The van der Waals surface area contributed by atoms with E-state index in [-0.39, 0.29) is 0 Å². The number of hydrogen-bond acceptors (Lipinski definition) is 4. The Balaban J connectivity index is 1.67. The third kappa shape index (κ3) is 6.88. The zero-order valence-corrected chi connectivity index (χ0v) is 21.1. The fourth-order valence-electron chi connectivity index (χ4n) is 4.19. The van der Waals surface area contributed by atoms with E-state index in [4.69, 9.17) is 4.74 Å². The van der Waals surface area contributed by atoms with Crippen molar-refractivity contribution >= 4 is 22.9 Å². The fourth-order valence-corrected chi connectivity index (χ4v) is 4.85. The Labute approximate surface area is 200 Å². The monoisotopic (exact) mass is 472 g/mol. The molecule has 1 aliphatic rings. The molecule has 1 N–H and O–H groups in total. The number of benzene rings is 2. The van der Waals surface area contributed by atoms with E-state index >= 15 is 0 Å². The van der Waals surface area contributed by atoms with Gasteiger partial charge in [0, 0.05) is 12.6 Å². The smallest absolute Gasteiger partial charge is 0.330 e. The van der Waals surface area contributed by atoms with Crippen LogP contribution in [-0.2, 0) is 27.2 Å². The van der Waals surface area contributed by atoms with Crippen LogP contribution in [-0.4, -0.2) is 50.4 Å². The molecule has 2 aromatic rings. The first-order valence-electron chi connectivity index (χ1n) is 11.6. The Kier molecular flexibility index (Phi) is 8.32. The Hall–Kier alpha value is -2.22. The Morgan fingerprint density at radius 1 is 1.15 bits per heavy atom. The zero-order valence-electron chi connectivity index (χ0n) is 20.3. The molecule has 0 radical (unpaired) electrons. The van der Waals surface area contributed by atoms with Crippen molar-refractivity contribution in [1.29, 1.82) is 0 Å². The van der Waals surface area contributed by atoms with Crippen LogP contribution >= 0.6 is 0 Å². The largest absolute Gasteiger partial charge is 0.458 e. The van der Waals surface area contributed by atoms with Crippen molar-refractivity contribution in [3.63, 3.8) is 0 Å². The topological polar surface area (TPSA) is 70.1 Å². The number of hydrogen-bond donors (Lipinski definition) is 1. The lowest BCUT2D eigenvalue weighted by Gasteiger charge is -2.29. The molecule has 0 aliphatic carbocycles. The maximum absolute atomic E-state index is 12.4. The van der Waals surface area contributed by atoms with Crippen LogP contribution in [0.2, 0.25) is 0 Å². The number of ether oxygens (including phenoxy) is 1. The van der Waals surface area contributed by atoms with Crippen molar-refractivity contribution in [3.8, 4) is 11.1 Å². The van der Waals surface area contributed by atoms with Gasteiger partial charge in [-0.25, -0.2) is 9.00 Å². The van der Waals surface area contributed by atoms with E-state index in [0.29, 0.717) is 11.7 Å². The number of likely N-dealkylation sites (tertiary alicyclic amines) is 1. The Bertz CT molecular complexity index is 954. The van der Waals surface area contributed by atoms with Gasteiger partial charge < -0.3 is 9.64 Å². The molecule has 3 unspecified atom stereocenters. The van der Waals surface area contributed by atoms with Gasteiger partial charge in [-0.2, -0.15) is 0 Å². The summed E-state index contributed by atoms with van der Waals surface area (Å²) in [6, 6.07) is 15.7. The first-order valence-corrected chi connectivity index (χ1v) is 12.7. The summed E-state index contributed by atoms with van der Waals surface area (Å²) in [5.74, 6) is -0.548. The molecule has 6 nitrogen and oxygen atoms in total. The molecule has 1 saturated heterocycles. The summed E-state index contributed by atoms with van der Waals surface area (Å²) >= 11 is -2.37. The summed E-state index contributed by atoms with van der Waals surface area (Å²) in [7, 11) is 0. The van der Waals surface area contributed by atoms with Crippen molar-refractivity contribution in [2.75, 3.05) is 17.4 Å². The maximum atomic E-state index is 12.4. The van der Waals surface area contributed by atoms with Crippen LogP contribution in [0.1, 0.15) is 53.0 Å². The predicted molar refractivity (Wildman–Crippen MR) is 134 cm³/mol. The summed E-state index contributed by atoms with van der Waals surface area (Å²) in [5, 5.41) is 0. The van der Waals surface area contributed by atoms with Crippen molar-refractivity contribution in [1.82, 2.24) is 4.90 Å². The number of anilines is 1. The summed E-state index contributed by atoms with van der Waals surface area (Å²) in [6.45, 7) is 11.5. The van der Waals surface area contributed by atoms with E-state index < -0.39 is 28.9 Å². The van der Waals surface area contributed by atoms with Gasteiger partial charge in [0.1, 0.15) is 11.6 Å². The molecule has 0 spiro atoms. The van der Waals surface area contributed by atoms with Crippen LogP contribution < -0.4 is 4.31 Å². The van der Waals surface area contributed by atoms with Gasteiger partial charge in [-0.05, 0) is 89.2 Å². The number of carbonyl (C=O) groups is 1. The molecule has 1 aliphatic heterocycles. The average molecular weight is 473 g/mol. The van der Waals surface area contributed by atoms with E-state index in [2.05, 4.69) is 36.1 Å². The molecule has 0 saturated carbocycles. The SMILES string of the molecule is CC1CCCN1CCc1ccc(-c2ccc(N(C(C)C(=O)OC(C)(C)C)S(=O)O)cc2)cc1. The molecule has 0 bridgehead atoms. The first-order chi connectivity index (χ1) is 15.5. The second-order valence-electron chi connectivity index (χ2n) is 9.79. The van der Waals surface area contributed by atoms with Crippen LogP contribution in [0.3, 0.4) is 0 Å². The molecular weight excluding hydrogens is 436 g/mol. The molecular formula is C26H36N2O4S. The molecule has 3 rings (SSSR count). The van der Waals surface area contributed by atoms with Crippen molar-refractivity contribution < 1.29 is 18.3 Å². The predicted octanol–water partition coefficient (Wildman–Crippen LogP) is 5.05. The number of carbonyl (C=O) groups excluding carboxylic acids is 1. The molecule has 3 atom stereocenters. The van der Waals surface area contributed by atoms with E-state index in [1.54, 1.807) is 39.8 Å². The van der Waals surface area contributed by atoms with E-state index in [1.807, 2.05) is 12.1 Å². The van der Waals surface area contributed by atoms with E-state index in [1.165, 1.54) is 24.9 Å². The van der Waals surface area contributed by atoms with Gasteiger partial charge in [-0.1, -0.05) is 36.4 Å². The fraction of sp³-hybridized carbons (Fsp3) is 0.500. The average Bonchev–Trinajstić information content (AvgIpc) is 3.16. The normalized spacial score (nSPS) is 18.7. The van der Waals surface area contributed by atoms with Crippen molar-refractivity contribution in [3.05, 3.63) is 54.1 Å². The van der Waals surface area contributed by atoms with Gasteiger partial charge in [0.15, 0.2) is 0 Å². The highest BCUT2D eigenvalue weighted by molar-refractivity contribution is 7.80. The highest BCUT2D eigenvalue weighted by Gasteiger charge is 2.30. The minimum absolute atomic E-state index is 0.481. The summed E-state index contributed by atoms with van der Waals surface area (Å²) < 4.78 is 28.4. The van der Waals surface area contributed by atoms with Crippen LogP contribution in [0, 0.1) is 0 Å². The lowest BCUT2D eigenvalue weighted by molar-refractivity contribution is -0.155. The molecule has 0 amide bonds. The minimum Gasteiger partial charge on any atom is -0.458 e. The quantitative estimate of drug-likeness (QED) is 0.430. The second-order valence-corrected chi connectivity index (χ2v) is 10.6. The van der Waals surface area contributed by atoms with Gasteiger partial charge in [-0.3, -0.25) is 8.86 Å². The van der Waals surface area contributed by atoms with Crippen molar-refractivity contribution in [2.45, 2.75) is 71.6 Å². The Morgan fingerprint density at radius 3 is 2.21 bits per heavy atom. The molecule has 180 valence electrons. The van der Waals surface area contributed by atoms with E-state index in [0.717, 1.165) is 28.4 Å². The van der Waals surface area contributed by atoms with Crippen molar-refractivity contribution in [2.24, 2.45) is 0 Å². The van der Waals surface area contributed by atoms with Gasteiger partial charge in [0.2, 0.25) is 0 Å². The summed E-state index contributed by atoms with van der Waals surface area (Å²) in [6.07, 6.45) is 3.64. The van der Waals surface area contributed by atoms with Crippen LogP contribution in [0.15, 0.2) is 48.5 Å². The van der Waals surface area contributed by atoms with Gasteiger partial charge >= 0.3 is 5.97 Å². The lowest BCUT2D eigenvalue weighted by atomic mass is 10.0. The molecule has 33 heavy (non-hydrogen) atoms. The third-order valence-electron chi connectivity index (χ3n) is 6.06.